The summed E-state index contributed by atoms with van der Waals surface area (Å²) in [5, 5.41) is 0. The van der Waals surface area contributed by atoms with Crippen molar-refractivity contribution in [3.8, 4) is 5.75 Å². The maximum absolute atomic E-state index is 12.5. The van der Waals surface area contributed by atoms with E-state index in [2.05, 4.69) is 60.4 Å². The van der Waals surface area contributed by atoms with Gasteiger partial charge in [-0.05, 0) is 55.5 Å². The highest BCUT2D eigenvalue weighted by atomic mass is 127. The van der Waals surface area contributed by atoms with E-state index in [1.165, 1.54) is 12.5 Å². The third-order valence-corrected chi connectivity index (χ3v) is 7.64. The Morgan fingerprint density at radius 2 is 2.04 bits per heavy atom. The standard InChI is InChI=1S/C16H18F3I2NO/c1-22(21)14-8-10-5-6-11(23-16(17,18)19)9-13(10)15(20)7-3-2-4-12(14)15/h5-6,9,12,14H,2-4,7-8H2,1H3/t12-,14+,15+/m1/s1. The number of ether oxygens (including phenoxy) is 1. The van der Waals surface area contributed by atoms with E-state index in [9.17, 15) is 13.2 Å². The largest absolute Gasteiger partial charge is 0.573 e. The lowest BCUT2D eigenvalue weighted by Crippen LogP contribution is -2.49. The maximum Gasteiger partial charge on any atom is 0.573 e. The molecule has 0 aliphatic heterocycles. The third kappa shape index (κ3) is 3.61. The quantitative estimate of drug-likeness (QED) is 0.269. The summed E-state index contributed by atoms with van der Waals surface area (Å²) in [4.78, 5) is 0. The first-order valence-electron chi connectivity index (χ1n) is 7.67. The van der Waals surface area contributed by atoms with Crippen LogP contribution in [0, 0.1) is 5.92 Å². The van der Waals surface area contributed by atoms with E-state index in [1.54, 1.807) is 6.07 Å². The molecular formula is C16H18F3I2NO. The molecule has 0 N–H and O–H groups in total. The van der Waals surface area contributed by atoms with Crippen LogP contribution in [0.5, 0.6) is 5.75 Å². The Bertz CT molecular complexity index is 593. The van der Waals surface area contributed by atoms with E-state index < -0.39 is 6.36 Å². The molecule has 3 atom stereocenters. The van der Waals surface area contributed by atoms with Crippen molar-refractivity contribution >= 4 is 45.5 Å². The predicted octanol–water partition coefficient (Wildman–Crippen LogP) is 5.61. The molecule has 3 rings (SSSR count). The van der Waals surface area contributed by atoms with E-state index >= 15 is 0 Å². The van der Waals surface area contributed by atoms with Crippen LogP contribution in [0.15, 0.2) is 18.2 Å². The monoisotopic (exact) mass is 551 g/mol. The first kappa shape index (κ1) is 18.0. The third-order valence-electron chi connectivity index (χ3n) is 5.01. The summed E-state index contributed by atoms with van der Waals surface area (Å²) in [5.74, 6) is 0.366. The van der Waals surface area contributed by atoms with Gasteiger partial charge in [0, 0.05) is 28.9 Å². The van der Waals surface area contributed by atoms with Gasteiger partial charge in [0.05, 0.1) is 3.42 Å². The van der Waals surface area contributed by atoms with Gasteiger partial charge in [-0.15, -0.1) is 13.2 Å². The maximum atomic E-state index is 12.5. The van der Waals surface area contributed by atoms with Crippen LogP contribution < -0.4 is 4.74 Å². The van der Waals surface area contributed by atoms with E-state index in [0.29, 0.717) is 12.0 Å². The molecule has 2 nitrogen and oxygen atoms in total. The molecule has 23 heavy (non-hydrogen) atoms. The van der Waals surface area contributed by atoms with Crippen molar-refractivity contribution in [2.24, 2.45) is 5.92 Å². The van der Waals surface area contributed by atoms with Crippen LogP contribution in [-0.2, 0) is 9.84 Å². The van der Waals surface area contributed by atoms with Crippen LogP contribution >= 0.6 is 45.5 Å². The number of halogens is 5. The molecule has 2 aliphatic carbocycles. The smallest absolute Gasteiger partial charge is 0.406 e. The number of alkyl halides is 4. The molecule has 0 saturated heterocycles. The fraction of sp³-hybridized carbons (Fsp3) is 0.625. The molecule has 1 fully saturated rings. The molecule has 0 spiro atoms. The van der Waals surface area contributed by atoms with E-state index in [0.717, 1.165) is 36.8 Å². The van der Waals surface area contributed by atoms with Gasteiger partial charge in [-0.3, -0.25) is 0 Å². The van der Waals surface area contributed by atoms with Crippen molar-refractivity contribution in [1.82, 2.24) is 3.11 Å². The van der Waals surface area contributed by atoms with Gasteiger partial charge >= 0.3 is 6.36 Å². The van der Waals surface area contributed by atoms with Crippen LogP contribution in [0.4, 0.5) is 13.2 Å². The number of rotatable bonds is 2. The molecule has 1 aromatic carbocycles. The summed E-state index contributed by atoms with van der Waals surface area (Å²) in [5.41, 5.74) is 2.19. The van der Waals surface area contributed by atoms with Crippen molar-refractivity contribution in [2.75, 3.05) is 7.05 Å². The molecule has 128 valence electrons. The number of hydrogen-bond donors (Lipinski definition) is 0. The van der Waals surface area contributed by atoms with Crippen LogP contribution in [0.1, 0.15) is 36.8 Å². The highest BCUT2D eigenvalue weighted by molar-refractivity contribution is 14.1. The lowest BCUT2D eigenvalue weighted by atomic mass is 9.65. The summed E-state index contributed by atoms with van der Waals surface area (Å²) < 4.78 is 43.9. The second-order valence-corrected chi connectivity index (χ2v) is 9.82. The van der Waals surface area contributed by atoms with Crippen molar-refractivity contribution in [1.29, 1.82) is 0 Å². The van der Waals surface area contributed by atoms with Gasteiger partial charge in [-0.25, -0.2) is 3.11 Å². The highest BCUT2D eigenvalue weighted by Gasteiger charge is 2.49. The normalized spacial score (nSPS) is 30.7. The van der Waals surface area contributed by atoms with Crippen LogP contribution in [0.2, 0.25) is 0 Å². The molecule has 1 saturated carbocycles. The number of likely N-dealkylation sites (N-methyl/N-ethyl adjacent to an activating group) is 1. The molecule has 0 bridgehead atoms. The fourth-order valence-corrected chi connectivity index (χ4v) is 6.25. The highest BCUT2D eigenvalue weighted by Crippen LogP contribution is 2.56. The Morgan fingerprint density at radius 3 is 2.70 bits per heavy atom. The number of fused-ring (bicyclic) bond motifs is 3. The fourth-order valence-electron chi connectivity index (χ4n) is 4.05. The lowest BCUT2D eigenvalue weighted by molar-refractivity contribution is -0.274. The number of benzene rings is 1. The number of nitrogens with zero attached hydrogens (tertiary/aromatic N) is 1. The van der Waals surface area contributed by atoms with Gasteiger partial charge in [-0.1, -0.05) is 41.5 Å². The Morgan fingerprint density at radius 1 is 1.30 bits per heavy atom. The molecule has 0 unspecified atom stereocenters. The average Bonchev–Trinajstić information content (AvgIpc) is 2.44. The van der Waals surface area contributed by atoms with Crippen LogP contribution in [0.3, 0.4) is 0 Å². The zero-order valence-corrected chi connectivity index (χ0v) is 17.0. The van der Waals surface area contributed by atoms with Gasteiger partial charge in [0.25, 0.3) is 0 Å². The summed E-state index contributed by atoms with van der Waals surface area (Å²) >= 11 is 4.83. The Kier molecular flexibility index (Phi) is 5.10. The summed E-state index contributed by atoms with van der Waals surface area (Å²) in [7, 11) is 2.09. The Balaban J connectivity index is 2.03. The topological polar surface area (TPSA) is 12.5 Å². The SMILES string of the molecule is CN(I)[C@H]1Cc2ccc(OC(F)(F)F)cc2[C@]2(I)CCCC[C@H]12. The van der Waals surface area contributed by atoms with E-state index in [4.69, 9.17) is 0 Å². The predicted molar refractivity (Wildman–Crippen MR) is 100 cm³/mol. The van der Waals surface area contributed by atoms with Gasteiger partial charge in [-0.2, -0.15) is 0 Å². The summed E-state index contributed by atoms with van der Waals surface area (Å²) in [6.07, 6.45) is 0.715. The van der Waals surface area contributed by atoms with Gasteiger partial charge in [0.15, 0.2) is 0 Å². The van der Waals surface area contributed by atoms with E-state index in [-0.39, 0.29) is 9.17 Å². The second kappa shape index (κ2) is 6.51. The van der Waals surface area contributed by atoms with Gasteiger partial charge < -0.3 is 4.74 Å². The summed E-state index contributed by atoms with van der Waals surface area (Å²) in [6.45, 7) is 0. The van der Waals surface area contributed by atoms with Crippen molar-refractivity contribution in [3.63, 3.8) is 0 Å². The molecule has 7 heteroatoms. The average molecular weight is 551 g/mol. The zero-order valence-electron chi connectivity index (χ0n) is 12.7. The minimum absolute atomic E-state index is 0.0986. The lowest BCUT2D eigenvalue weighted by Gasteiger charge is -2.50. The zero-order chi connectivity index (χ0) is 16.8. The van der Waals surface area contributed by atoms with E-state index in [1.807, 2.05) is 6.07 Å². The molecule has 0 amide bonds. The Hall–Kier alpha value is 0.230. The number of hydrogen-bond acceptors (Lipinski definition) is 2. The van der Waals surface area contributed by atoms with Crippen molar-refractivity contribution < 1.29 is 17.9 Å². The molecule has 0 radical (unpaired) electrons. The Labute approximate surface area is 161 Å². The van der Waals surface area contributed by atoms with Crippen molar-refractivity contribution in [3.05, 3.63) is 29.3 Å². The molecule has 1 aromatic rings. The molecular weight excluding hydrogens is 533 g/mol. The molecule has 2 aliphatic rings. The minimum Gasteiger partial charge on any atom is -0.406 e. The van der Waals surface area contributed by atoms with Gasteiger partial charge in [0.1, 0.15) is 5.75 Å². The molecule has 0 heterocycles. The second-order valence-electron chi connectivity index (χ2n) is 6.38. The van der Waals surface area contributed by atoms with Crippen LogP contribution in [0.25, 0.3) is 0 Å². The minimum atomic E-state index is -4.64. The van der Waals surface area contributed by atoms with Gasteiger partial charge in [0.2, 0.25) is 0 Å². The molecule has 0 aromatic heterocycles. The first-order chi connectivity index (χ1) is 10.7. The first-order valence-corrected chi connectivity index (χ1v) is 9.72. The van der Waals surface area contributed by atoms with Crippen LogP contribution in [-0.4, -0.2) is 22.6 Å². The summed E-state index contributed by atoms with van der Waals surface area (Å²) in [6, 6.07) is 5.31. The van der Waals surface area contributed by atoms with Crippen molar-refractivity contribution in [2.45, 2.75) is 47.9 Å².